The molecule has 0 aliphatic heterocycles. The van der Waals surface area contributed by atoms with Crippen molar-refractivity contribution in [2.75, 3.05) is 11.1 Å². The van der Waals surface area contributed by atoms with Crippen LogP contribution >= 0.6 is 23.4 Å². The van der Waals surface area contributed by atoms with Crippen LogP contribution in [0.4, 0.5) is 5.69 Å². The van der Waals surface area contributed by atoms with Gasteiger partial charge >= 0.3 is 5.97 Å². The van der Waals surface area contributed by atoms with E-state index in [0.717, 1.165) is 4.90 Å². The minimum atomic E-state index is -0.921. The third-order valence-electron chi connectivity index (χ3n) is 2.79. The zero-order valence-electron chi connectivity index (χ0n) is 12.4. The highest BCUT2D eigenvalue weighted by atomic mass is 35.5. The lowest BCUT2D eigenvalue weighted by molar-refractivity contribution is -0.150. The smallest absolute Gasteiger partial charge is 0.317 e. The zero-order valence-corrected chi connectivity index (χ0v) is 13.9. The number of hydrogen-bond donors (Lipinski definition) is 1. The summed E-state index contributed by atoms with van der Waals surface area (Å²) in [6.45, 7) is 1.50. The fraction of sp³-hybridized carbons (Fsp3) is 0.188. The second-order valence-corrected chi connectivity index (χ2v) is 5.97. The summed E-state index contributed by atoms with van der Waals surface area (Å²) in [5, 5.41) is 2.75. The summed E-state index contributed by atoms with van der Waals surface area (Å²) in [6.07, 6.45) is 0.595. The lowest BCUT2D eigenvalue weighted by Gasteiger charge is -2.13. The normalized spacial score (nSPS) is 11.6. The molecule has 1 N–H and O–H groups in total. The molecule has 1 aromatic heterocycles. The highest BCUT2D eigenvalue weighted by Gasteiger charge is 2.19. The first-order valence-electron chi connectivity index (χ1n) is 6.85. The number of nitrogens with zero attached hydrogens (tertiary/aromatic N) is 1. The van der Waals surface area contributed by atoms with Gasteiger partial charge in [-0.05, 0) is 31.2 Å². The maximum absolute atomic E-state index is 12.0. The number of carbonyl (C=O) groups excluding carboxylic acids is 2. The van der Waals surface area contributed by atoms with Gasteiger partial charge in [-0.25, -0.2) is 4.98 Å². The Kier molecular flexibility index (Phi) is 6.43. The molecule has 0 fully saturated rings. The number of ether oxygens (including phenoxy) is 1. The largest absolute Gasteiger partial charge is 0.452 e. The summed E-state index contributed by atoms with van der Waals surface area (Å²) in [6, 6.07) is 12.7. The topological polar surface area (TPSA) is 68.3 Å². The summed E-state index contributed by atoms with van der Waals surface area (Å²) < 4.78 is 5.11. The number of rotatable bonds is 6. The summed E-state index contributed by atoms with van der Waals surface area (Å²) in [4.78, 5) is 28.6. The molecule has 0 unspecified atom stereocenters. The van der Waals surface area contributed by atoms with Crippen molar-refractivity contribution in [1.29, 1.82) is 0 Å². The number of nitrogens with one attached hydrogen (secondary N) is 1. The molecule has 0 bridgehead atoms. The van der Waals surface area contributed by atoms with E-state index in [1.54, 1.807) is 12.1 Å². The average Bonchev–Trinajstić information content (AvgIpc) is 2.56. The highest BCUT2D eigenvalue weighted by molar-refractivity contribution is 8.00. The first-order chi connectivity index (χ1) is 11.1. The molecule has 0 spiro atoms. The van der Waals surface area contributed by atoms with Crippen molar-refractivity contribution in [3.8, 4) is 0 Å². The van der Waals surface area contributed by atoms with Crippen molar-refractivity contribution >= 4 is 40.9 Å². The van der Waals surface area contributed by atoms with E-state index in [9.17, 15) is 9.59 Å². The quantitative estimate of drug-likeness (QED) is 0.491. The lowest BCUT2D eigenvalue weighted by Crippen LogP contribution is -2.30. The van der Waals surface area contributed by atoms with Crippen LogP contribution < -0.4 is 5.32 Å². The zero-order chi connectivity index (χ0) is 16.7. The average molecular weight is 351 g/mol. The minimum Gasteiger partial charge on any atom is -0.452 e. The summed E-state index contributed by atoms with van der Waals surface area (Å²) in [5.74, 6) is -0.785. The SMILES string of the molecule is C[C@H](OC(=O)CSc1ccccc1)C(=O)Nc1cccnc1Cl. The van der Waals surface area contributed by atoms with E-state index in [-0.39, 0.29) is 10.9 Å². The van der Waals surface area contributed by atoms with Gasteiger partial charge in [0.15, 0.2) is 11.3 Å². The fourth-order valence-corrected chi connectivity index (χ4v) is 2.53. The Morgan fingerprint density at radius 1 is 1.26 bits per heavy atom. The van der Waals surface area contributed by atoms with Gasteiger partial charge in [0, 0.05) is 11.1 Å². The Balaban J connectivity index is 1.81. The van der Waals surface area contributed by atoms with E-state index in [0.29, 0.717) is 5.69 Å². The number of thioether (sulfide) groups is 1. The van der Waals surface area contributed by atoms with Gasteiger partial charge in [-0.15, -0.1) is 11.8 Å². The van der Waals surface area contributed by atoms with Crippen LogP contribution in [0, 0.1) is 0 Å². The van der Waals surface area contributed by atoms with Crippen LogP contribution in [-0.4, -0.2) is 28.7 Å². The van der Waals surface area contributed by atoms with E-state index in [4.69, 9.17) is 16.3 Å². The molecule has 1 heterocycles. The molecule has 0 saturated heterocycles. The lowest BCUT2D eigenvalue weighted by atomic mass is 10.3. The van der Waals surface area contributed by atoms with Crippen LogP contribution in [0.25, 0.3) is 0 Å². The van der Waals surface area contributed by atoms with Gasteiger partial charge in [-0.1, -0.05) is 29.8 Å². The molecule has 23 heavy (non-hydrogen) atoms. The second-order valence-electron chi connectivity index (χ2n) is 4.56. The van der Waals surface area contributed by atoms with Crippen LogP contribution in [-0.2, 0) is 14.3 Å². The third-order valence-corrected chi connectivity index (χ3v) is 4.08. The Hall–Kier alpha value is -2.05. The van der Waals surface area contributed by atoms with Crippen molar-refractivity contribution in [1.82, 2.24) is 4.98 Å². The van der Waals surface area contributed by atoms with Gasteiger partial charge in [0.2, 0.25) is 0 Å². The Labute approximate surface area is 143 Å². The monoisotopic (exact) mass is 350 g/mol. The van der Waals surface area contributed by atoms with Gasteiger partial charge < -0.3 is 10.1 Å². The molecule has 0 aliphatic rings. The predicted octanol–water partition coefficient (Wildman–Crippen LogP) is 3.40. The van der Waals surface area contributed by atoms with E-state index in [1.165, 1.54) is 24.9 Å². The third kappa shape index (κ3) is 5.58. The number of benzene rings is 1. The number of amides is 1. The summed E-state index contributed by atoms with van der Waals surface area (Å²) >= 11 is 7.21. The second kappa shape index (κ2) is 8.55. The van der Waals surface area contributed by atoms with Crippen LogP contribution in [0.2, 0.25) is 5.15 Å². The van der Waals surface area contributed by atoms with Crippen molar-refractivity contribution in [3.05, 3.63) is 53.8 Å². The molecule has 1 amide bonds. The van der Waals surface area contributed by atoms with E-state index in [1.807, 2.05) is 30.3 Å². The van der Waals surface area contributed by atoms with Gasteiger partial charge in [0.1, 0.15) is 0 Å². The maximum Gasteiger partial charge on any atom is 0.317 e. The Morgan fingerprint density at radius 3 is 2.70 bits per heavy atom. The molecule has 120 valence electrons. The van der Waals surface area contributed by atoms with E-state index >= 15 is 0 Å². The molecule has 0 saturated carbocycles. The number of hydrogen-bond acceptors (Lipinski definition) is 5. The molecule has 1 aromatic carbocycles. The van der Waals surface area contributed by atoms with Gasteiger partial charge in [-0.3, -0.25) is 9.59 Å². The predicted molar refractivity (Wildman–Crippen MR) is 90.6 cm³/mol. The minimum absolute atomic E-state index is 0.134. The highest BCUT2D eigenvalue weighted by Crippen LogP contribution is 2.19. The summed E-state index contributed by atoms with van der Waals surface area (Å²) in [5.41, 5.74) is 0.376. The fourth-order valence-electron chi connectivity index (χ4n) is 1.66. The molecular weight excluding hydrogens is 336 g/mol. The van der Waals surface area contributed by atoms with Gasteiger partial charge in [0.05, 0.1) is 11.4 Å². The van der Waals surface area contributed by atoms with Crippen molar-refractivity contribution in [3.63, 3.8) is 0 Å². The molecule has 2 rings (SSSR count). The number of anilines is 1. The number of pyridine rings is 1. The molecule has 2 aromatic rings. The van der Waals surface area contributed by atoms with Gasteiger partial charge in [-0.2, -0.15) is 0 Å². The number of aromatic nitrogens is 1. The van der Waals surface area contributed by atoms with Gasteiger partial charge in [0.25, 0.3) is 5.91 Å². The molecule has 0 radical (unpaired) electrons. The molecular formula is C16H15ClN2O3S. The van der Waals surface area contributed by atoms with Crippen LogP contribution in [0.5, 0.6) is 0 Å². The standard InChI is InChI=1S/C16H15ClN2O3S/c1-11(16(21)19-13-8-5-9-18-15(13)17)22-14(20)10-23-12-6-3-2-4-7-12/h2-9,11H,10H2,1H3,(H,19,21)/t11-/m0/s1. The molecule has 0 aliphatic carbocycles. The van der Waals surface area contributed by atoms with Crippen molar-refractivity contribution in [2.24, 2.45) is 0 Å². The van der Waals surface area contributed by atoms with Crippen LogP contribution in [0.3, 0.4) is 0 Å². The molecule has 7 heteroatoms. The first-order valence-corrected chi connectivity index (χ1v) is 8.21. The summed E-state index contributed by atoms with van der Waals surface area (Å²) in [7, 11) is 0. The number of halogens is 1. The Morgan fingerprint density at radius 2 is 2.00 bits per heavy atom. The van der Waals surface area contributed by atoms with Crippen LogP contribution in [0.15, 0.2) is 53.6 Å². The Bertz CT molecular complexity index is 682. The van der Waals surface area contributed by atoms with Crippen molar-refractivity contribution < 1.29 is 14.3 Å². The van der Waals surface area contributed by atoms with Crippen LogP contribution in [0.1, 0.15) is 6.92 Å². The molecule has 5 nitrogen and oxygen atoms in total. The number of carbonyl (C=O) groups is 2. The van der Waals surface area contributed by atoms with Crippen molar-refractivity contribution in [2.45, 2.75) is 17.9 Å². The van der Waals surface area contributed by atoms with E-state index < -0.39 is 18.0 Å². The first kappa shape index (κ1) is 17.3. The van der Waals surface area contributed by atoms with E-state index in [2.05, 4.69) is 10.3 Å². The number of esters is 1. The molecule has 1 atom stereocenters. The maximum atomic E-state index is 12.0.